The van der Waals surface area contributed by atoms with Gasteiger partial charge in [0.1, 0.15) is 0 Å². The molecule has 0 amide bonds. The van der Waals surface area contributed by atoms with E-state index in [0.717, 1.165) is 78.8 Å². The van der Waals surface area contributed by atoms with Gasteiger partial charge in [0.15, 0.2) is 0 Å². The number of benzene rings is 10. The van der Waals surface area contributed by atoms with Gasteiger partial charge >= 0.3 is 0 Å². The molecule has 298 valence electrons. The lowest BCUT2D eigenvalue weighted by molar-refractivity contribution is 1.28. The van der Waals surface area contributed by atoms with Gasteiger partial charge in [-0.3, -0.25) is 0 Å². The first-order valence-electron chi connectivity index (χ1n) is 21.2. The Balaban J connectivity index is 0.891. The van der Waals surface area contributed by atoms with Crippen molar-refractivity contribution in [1.82, 2.24) is 0 Å². The van der Waals surface area contributed by atoms with Crippen LogP contribution in [0.1, 0.15) is 11.1 Å². The summed E-state index contributed by atoms with van der Waals surface area (Å²) in [4.78, 5) is 4.69. The van der Waals surface area contributed by atoms with E-state index < -0.39 is 0 Å². The van der Waals surface area contributed by atoms with E-state index in [1.54, 1.807) is 0 Å². The second-order valence-electron chi connectivity index (χ2n) is 15.8. The van der Waals surface area contributed by atoms with Gasteiger partial charge in [0, 0.05) is 67.0 Å². The van der Waals surface area contributed by atoms with E-state index >= 15 is 0 Å². The highest BCUT2D eigenvalue weighted by Crippen LogP contribution is 2.43. The van der Waals surface area contributed by atoms with E-state index in [9.17, 15) is 0 Å². The summed E-state index contributed by atoms with van der Waals surface area (Å²) < 4.78 is 0. The molecule has 0 radical (unpaired) electrons. The summed E-state index contributed by atoms with van der Waals surface area (Å²) in [6.07, 6.45) is 0. The molecule has 4 nitrogen and oxygen atoms in total. The van der Waals surface area contributed by atoms with Gasteiger partial charge in [0.05, 0.1) is 11.4 Å². The average molecular weight is 799 g/mol. The topological polar surface area (TPSA) is 30.5 Å². The van der Waals surface area contributed by atoms with Crippen molar-refractivity contribution in [2.45, 2.75) is 13.8 Å². The van der Waals surface area contributed by atoms with Gasteiger partial charge in [-0.15, -0.1) is 0 Å². The quantitative estimate of drug-likeness (QED) is 0.136. The van der Waals surface area contributed by atoms with Gasteiger partial charge in [-0.05, 0) is 133 Å². The molecule has 0 saturated carbocycles. The molecule has 0 saturated heterocycles. The summed E-state index contributed by atoms with van der Waals surface area (Å²) >= 11 is 0. The minimum absolute atomic E-state index is 1.03. The second kappa shape index (κ2) is 16.9. The highest BCUT2D eigenvalue weighted by atomic mass is 15.1. The molecular weight excluding hydrogens is 753 g/mol. The highest BCUT2D eigenvalue weighted by Gasteiger charge is 2.19. The molecule has 62 heavy (non-hydrogen) atoms. The Labute approximate surface area is 364 Å². The third kappa shape index (κ3) is 7.74. The first-order chi connectivity index (χ1) is 30.6. The van der Waals surface area contributed by atoms with Crippen molar-refractivity contribution in [2.75, 3.05) is 20.4 Å². The number of aryl methyl sites for hydroxylation is 2. The van der Waals surface area contributed by atoms with Crippen LogP contribution < -0.4 is 20.4 Å². The van der Waals surface area contributed by atoms with Crippen molar-refractivity contribution >= 4 is 78.4 Å². The SMILES string of the molecule is Cc1cccc(N(c2ccccc2)c2ccc(Nc3ccc(-c4ccc(Nc5ccc(N(c6ccccc6)c6cccc(C)c6)c6ccccc56)cc4)cc3)c3ccccc23)c1. The van der Waals surface area contributed by atoms with E-state index in [4.69, 9.17) is 0 Å². The van der Waals surface area contributed by atoms with E-state index in [2.05, 4.69) is 265 Å². The van der Waals surface area contributed by atoms with E-state index in [0.29, 0.717) is 0 Å². The van der Waals surface area contributed by atoms with Crippen molar-refractivity contribution in [3.05, 3.63) is 242 Å². The molecule has 0 aliphatic heterocycles. The van der Waals surface area contributed by atoms with Gasteiger partial charge in [-0.1, -0.05) is 133 Å². The maximum absolute atomic E-state index is 3.73. The van der Waals surface area contributed by atoms with Crippen LogP contribution in [-0.4, -0.2) is 0 Å². The Morgan fingerprint density at radius 1 is 0.290 bits per heavy atom. The number of hydrogen-bond donors (Lipinski definition) is 2. The molecule has 0 atom stereocenters. The Kier molecular flexibility index (Phi) is 10.4. The Morgan fingerprint density at radius 2 is 0.645 bits per heavy atom. The van der Waals surface area contributed by atoms with Gasteiger partial charge in [-0.2, -0.15) is 0 Å². The Bertz CT molecular complexity index is 2930. The zero-order valence-electron chi connectivity index (χ0n) is 34.8. The fourth-order valence-corrected chi connectivity index (χ4v) is 8.52. The average Bonchev–Trinajstić information content (AvgIpc) is 3.32. The summed E-state index contributed by atoms with van der Waals surface area (Å²) in [7, 11) is 0. The molecule has 0 aromatic heterocycles. The van der Waals surface area contributed by atoms with Crippen LogP contribution in [0.5, 0.6) is 0 Å². The van der Waals surface area contributed by atoms with Crippen LogP contribution in [-0.2, 0) is 0 Å². The molecule has 10 aromatic carbocycles. The molecular formula is C58H46N4. The number of fused-ring (bicyclic) bond motifs is 2. The number of anilines is 10. The zero-order chi connectivity index (χ0) is 41.8. The zero-order valence-corrected chi connectivity index (χ0v) is 34.8. The fourth-order valence-electron chi connectivity index (χ4n) is 8.52. The predicted molar refractivity (Wildman–Crippen MR) is 265 cm³/mol. The Hall–Kier alpha value is -8.08. The van der Waals surface area contributed by atoms with Crippen LogP contribution >= 0.6 is 0 Å². The number of para-hydroxylation sites is 2. The van der Waals surface area contributed by atoms with Crippen molar-refractivity contribution in [3.8, 4) is 11.1 Å². The molecule has 0 unspecified atom stereocenters. The molecule has 0 heterocycles. The maximum atomic E-state index is 3.73. The van der Waals surface area contributed by atoms with Crippen LogP contribution in [0.15, 0.2) is 231 Å². The lowest BCUT2D eigenvalue weighted by Crippen LogP contribution is -2.10. The van der Waals surface area contributed by atoms with Gasteiger partial charge < -0.3 is 20.4 Å². The van der Waals surface area contributed by atoms with Gasteiger partial charge in [-0.25, -0.2) is 0 Å². The molecule has 0 spiro atoms. The minimum Gasteiger partial charge on any atom is -0.355 e. The number of nitrogens with one attached hydrogen (secondary N) is 2. The molecule has 4 heteroatoms. The number of nitrogens with zero attached hydrogens (tertiary/aromatic N) is 2. The molecule has 10 aromatic rings. The van der Waals surface area contributed by atoms with Crippen LogP contribution in [0, 0.1) is 13.8 Å². The molecule has 0 fully saturated rings. The predicted octanol–water partition coefficient (Wildman–Crippen LogP) is 16.7. The molecule has 0 bridgehead atoms. The van der Waals surface area contributed by atoms with E-state index in [1.165, 1.54) is 21.9 Å². The van der Waals surface area contributed by atoms with Crippen LogP contribution in [0.3, 0.4) is 0 Å². The first-order valence-corrected chi connectivity index (χ1v) is 21.2. The lowest BCUT2D eigenvalue weighted by atomic mass is 10.0. The van der Waals surface area contributed by atoms with E-state index in [-0.39, 0.29) is 0 Å². The fraction of sp³-hybridized carbons (Fsp3) is 0.0345. The summed E-state index contributed by atoms with van der Waals surface area (Å²) in [5, 5.41) is 12.1. The van der Waals surface area contributed by atoms with Crippen LogP contribution in [0.25, 0.3) is 32.7 Å². The summed E-state index contributed by atoms with van der Waals surface area (Å²) in [6.45, 7) is 4.29. The summed E-state index contributed by atoms with van der Waals surface area (Å²) in [5.41, 5.74) is 15.7. The lowest BCUT2D eigenvalue weighted by Gasteiger charge is -2.27. The maximum Gasteiger partial charge on any atom is 0.0541 e. The normalized spacial score (nSPS) is 11.1. The van der Waals surface area contributed by atoms with Crippen LogP contribution in [0.2, 0.25) is 0 Å². The minimum atomic E-state index is 1.03. The second-order valence-corrected chi connectivity index (χ2v) is 15.8. The van der Waals surface area contributed by atoms with Crippen LogP contribution in [0.4, 0.5) is 56.9 Å². The first kappa shape index (κ1) is 38.1. The van der Waals surface area contributed by atoms with Gasteiger partial charge in [0.25, 0.3) is 0 Å². The summed E-state index contributed by atoms with van der Waals surface area (Å²) in [6, 6.07) is 82.1. The van der Waals surface area contributed by atoms with Gasteiger partial charge in [0.2, 0.25) is 0 Å². The van der Waals surface area contributed by atoms with Crippen molar-refractivity contribution in [1.29, 1.82) is 0 Å². The third-order valence-electron chi connectivity index (χ3n) is 11.5. The number of rotatable bonds is 11. The van der Waals surface area contributed by atoms with Crippen molar-refractivity contribution < 1.29 is 0 Å². The highest BCUT2D eigenvalue weighted by molar-refractivity contribution is 6.07. The standard InChI is InChI=1S/C58H46N4/c1-41-15-13-21-49(39-41)61(47-17-5-3-6-18-47)57-37-35-55(51-23-9-11-25-53(51)57)59-45-31-27-43(28-32-45)44-29-33-46(34-30-44)60-56-36-38-58(54-26-12-10-24-52(54)56)62(48-19-7-4-8-20-48)50-22-14-16-42(2)40-50/h3-40,59-60H,1-2H3. The van der Waals surface area contributed by atoms with E-state index in [1.807, 2.05) is 0 Å². The number of hydrogen-bond acceptors (Lipinski definition) is 4. The largest absolute Gasteiger partial charge is 0.355 e. The van der Waals surface area contributed by atoms with Crippen molar-refractivity contribution in [2.24, 2.45) is 0 Å². The smallest absolute Gasteiger partial charge is 0.0541 e. The summed E-state index contributed by atoms with van der Waals surface area (Å²) in [5.74, 6) is 0. The third-order valence-corrected chi connectivity index (χ3v) is 11.5. The monoisotopic (exact) mass is 798 g/mol. The molecule has 0 aliphatic rings. The molecule has 2 N–H and O–H groups in total. The van der Waals surface area contributed by atoms with Crippen molar-refractivity contribution in [3.63, 3.8) is 0 Å². The molecule has 0 aliphatic carbocycles. The Morgan fingerprint density at radius 3 is 1.03 bits per heavy atom. The molecule has 10 rings (SSSR count).